The second-order valence-electron chi connectivity index (χ2n) is 9.98. The third-order valence-corrected chi connectivity index (χ3v) is 7.00. The maximum absolute atomic E-state index is 11.9. The summed E-state index contributed by atoms with van der Waals surface area (Å²) in [5.74, 6) is 0.308. The van der Waals surface area contributed by atoms with E-state index in [1.807, 2.05) is 30.3 Å². The maximum Gasteiger partial charge on any atom is 0.339 e. The molecule has 0 aliphatic heterocycles. The Morgan fingerprint density at radius 1 is 0.615 bits per heavy atom. The van der Waals surface area contributed by atoms with Crippen molar-refractivity contribution in [2.24, 2.45) is 0 Å². The number of carbonyl (C=O) groups is 1. The predicted molar refractivity (Wildman–Crippen MR) is 163 cm³/mol. The van der Waals surface area contributed by atoms with Crippen LogP contribution in [0.2, 0.25) is 0 Å². The average molecular weight is 505 g/mol. The number of esters is 1. The van der Waals surface area contributed by atoms with Crippen molar-refractivity contribution in [3.8, 4) is 28.0 Å². The van der Waals surface area contributed by atoms with E-state index in [9.17, 15) is 4.79 Å². The van der Waals surface area contributed by atoms with Crippen molar-refractivity contribution in [1.82, 2.24) is 0 Å². The Morgan fingerprint density at radius 3 is 1.44 bits per heavy atom. The highest BCUT2D eigenvalue weighted by Gasteiger charge is 2.19. The molecule has 6 rings (SSSR count). The summed E-state index contributed by atoms with van der Waals surface area (Å²) < 4.78 is 5.41. The van der Waals surface area contributed by atoms with Gasteiger partial charge in [0.15, 0.2) is 0 Å². The molecule has 0 spiro atoms. The Hall–Kier alpha value is -4.83. The number of carbonyl (C=O) groups excluding carboxylic acids is 1. The van der Waals surface area contributed by atoms with Crippen LogP contribution < -0.4 is 15.1 Å². The molecule has 188 valence electrons. The zero-order valence-corrected chi connectivity index (χ0v) is 22.1. The number of rotatable bonds is 7. The van der Waals surface area contributed by atoms with Gasteiger partial charge >= 0.3 is 5.97 Å². The molecule has 0 atom stereocenters. The molecule has 5 aromatic carbocycles. The molecule has 39 heavy (non-hydrogen) atoms. The molecule has 1 aliphatic rings. The predicted octanol–water partition coefficient (Wildman–Crippen LogP) is 7.29. The summed E-state index contributed by atoms with van der Waals surface area (Å²) in [5, 5.41) is 0. The van der Waals surface area contributed by atoms with Crippen LogP contribution in [0.15, 0.2) is 133 Å². The van der Waals surface area contributed by atoms with Crippen molar-refractivity contribution in [1.29, 1.82) is 0 Å². The maximum atomic E-state index is 11.9. The lowest BCUT2D eigenvalue weighted by atomic mass is 9.93. The van der Waals surface area contributed by atoms with E-state index >= 15 is 0 Å². The summed E-state index contributed by atoms with van der Waals surface area (Å²) in [4.78, 5) is 14.2. The molecule has 0 saturated carbocycles. The highest BCUT2D eigenvalue weighted by molar-refractivity contribution is 6.32. The Labute approximate surface area is 230 Å². The molecule has 5 aromatic rings. The van der Waals surface area contributed by atoms with Crippen molar-refractivity contribution >= 4 is 36.3 Å². The summed E-state index contributed by atoms with van der Waals surface area (Å²) in [7, 11) is 2.11. The first kappa shape index (κ1) is 24.5. The van der Waals surface area contributed by atoms with Crippen LogP contribution in [0.4, 0.5) is 17.1 Å². The van der Waals surface area contributed by atoms with E-state index in [1.165, 1.54) is 22.2 Å². The van der Waals surface area contributed by atoms with Crippen molar-refractivity contribution in [2.75, 3.05) is 4.90 Å². The lowest BCUT2D eigenvalue weighted by Gasteiger charge is -2.26. The van der Waals surface area contributed by atoms with Crippen LogP contribution in [0, 0.1) is 6.92 Å². The van der Waals surface area contributed by atoms with Crippen molar-refractivity contribution in [3.63, 3.8) is 0 Å². The minimum atomic E-state index is -0.254. The summed E-state index contributed by atoms with van der Waals surface area (Å²) in [5.41, 5.74) is 11.1. The lowest BCUT2D eigenvalue weighted by molar-refractivity contribution is -0.129. The van der Waals surface area contributed by atoms with Gasteiger partial charge in [-0.3, -0.25) is 0 Å². The zero-order valence-electron chi connectivity index (χ0n) is 22.1. The molecule has 0 bridgehead atoms. The van der Waals surface area contributed by atoms with Gasteiger partial charge in [0.2, 0.25) is 0 Å². The number of aryl methyl sites for hydroxylation is 1. The fourth-order valence-electron chi connectivity index (χ4n) is 4.60. The van der Waals surface area contributed by atoms with Gasteiger partial charge in [-0.1, -0.05) is 89.9 Å². The molecule has 0 aromatic heterocycles. The molecule has 0 amide bonds. The zero-order chi connectivity index (χ0) is 26.8. The fourth-order valence-corrected chi connectivity index (χ4v) is 4.60. The number of hydrogen-bond acceptors (Lipinski definition) is 3. The van der Waals surface area contributed by atoms with Crippen LogP contribution in [0.5, 0.6) is 5.75 Å². The normalized spacial score (nSPS) is 12.0. The number of nitrogens with zero attached hydrogens (tertiary/aromatic N) is 1. The summed E-state index contributed by atoms with van der Waals surface area (Å²) in [6.07, 6.45) is 2.61. The minimum absolute atomic E-state index is 0.254. The van der Waals surface area contributed by atoms with Crippen LogP contribution in [0.25, 0.3) is 22.3 Å². The summed E-state index contributed by atoms with van der Waals surface area (Å²) >= 11 is 0. The molecular formula is C35H28BNO2. The molecule has 0 N–H and O–H groups in total. The second kappa shape index (κ2) is 10.5. The van der Waals surface area contributed by atoms with Gasteiger partial charge in [-0.25, -0.2) is 4.79 Å². The van der Waals surface area contributed by atoms with Crippen molar-refractivity contribution in [3.05, 3.63) is 139 Å². The van der Waals surface area contributed by atoms with Crippen molar-refractivity contribution < 1.29 is 9.53 Å². The first-order valence-electron chi connectivity index (χ1n) is 13.2. The van der Waals surface area contributed by atoms with Crippen LogP contribution in [0.1, 0.15) is 12.0 Å². The van der Waals surface area contributed by atoms with Gasteiger partial charge in [0, 0.05) is 22.6 Å². The number of hydrogen-bond donors (Lipinski definition) is 0. The van der Waals surface area contributed by atoms with Gasteiger partial charge in [0.1, 0.15) is 13.6 Å². The number of ether oxygens (including phenoxy) is 1. The van der Waals surface area contributed by atoms with E-state index in [-0.39, 0.29) is 5.97 Å². The third kappa shape index (κ3) is 5.56. The molecule has 0 radical (unpaired) electrons. The number of anilines is 3. The van der Waals surface area contributed by atoms with Gasteiger partial charge in [-0.05, 0) is 84.1 Å². The molecular weight excluding hydrogens is 477 g/mol. The summed E-state index contributed by atoms with van der Waals surface area (Å²) in [6, 6.07) is 42.2. The van der Waals surface area contributed by atoms with Gasteiger partial charge in [0.05, 0.1) is 0 Å². The van der Waals surface area contributed by atoms with Crippen LogP contribution >= 0.6 is 0 Å². The molecule has 3 nitrogen and oxygen atoms in total. The first-order valence-corrected chi connectivity index (χ1v) is 13.2. The van der Waals surface area contributed by atoms with E-state index < -0.39 is 0 Å². The minimum Gasteiger partial charge on any atom is -0.423 e. The Bertz CT molecular complexity index is 1640. The first-order chi connectivity index (χ1) is 19.0. The van der Waals surface area contributed by atoms with E-state index in [1.54, 1.807) is 0 Å². The highest BCUT2D eigenvalue weighted by atomic mass is 16.5. The van der Waals surface area contributed by atoms with Crippen LogP contribution in [-0.2, 0) is 4.79 Å². The molecule has 4 heteroatoms. The van der Waals surface area contributed by atoms with E-state index in [2.05, 4.69) is 117 Å². The van der Waals surface area contributed by atoms with Gasteiger partial charge in [-0.15, -0.1) is 0 Å². The average Bonchev–Trinajstić information content (AvgIpc) is 3.82. The summed E-state index contributed by atoms with van der Waals surface area (Å²) in [6.45, 7) is 2.11. The Morgan fingerprint density at radius 2 is 1.00 bits per heavy atom. The quantitative estimate of drug-likeness (QED) is 0.132. The van der Waals surface area contributed by atoms with E-state index in [4.69, 9.17) is 4.74 Å². The third-order valence-electron chi connectivity index (χ3n) is 7.00. The van der Waals surface area contributed by atoms with Gasteiger partial charge < -0.3 is 9.64 Å². The monoisotopic (exact) mass is 505 g/mol. The SMILES string of the molecule is Bc1ccc(-c2ccc(N(c3ccc(C)cc3)c3ccc(-c4ccc(OC(=O)C5=CC5)cc4)cc3)cc2)cc1. The van der Waals surface area contributed by atoms with E-state index in [0.717, 1.165) is 40.2 Å². The largest absolute Gasteiger partial charge is 0.423 e. The fraction of sp³-hybridized carbons (Fsp3) is 0.0571. The molecule has 0 fully saturated rings. The Kier molecular flexibility index (Phi) is 6.60. The van der Waals surface area contributed by atoms with Crippen LogP contribution in [0.3, 0.4) is 0 Å². The van der Waals surface area contributed by atoms with Crippen LogP contribution in [-0.4, -0.2) is 13.8 Å². The molecule has 1 aliphatic carbocycles. The topological polar surface area (TPSA) is 29.5 Å². The number of allylic oxidation sites excluding steroid dienone is 1. The standard InChI is InChI=1S/C35H28BNO2/c1-24-2-16-31(17-3-24)37(32-18-8-26(9-19-32)25-6-14-30(36)15-7-25)33-20-10-27(11-21-33)28-12-22-34(23-13-28)39-35(38)29-4-5-29/h2-4,6-23H,5,36H2,1H3. The molecule has 0 unspecified atom stereocenters. The van der Waals surface area contributed by atoms with E-state index in [0.29, 0.717) is 5.75 Å². The van der Waals surface area contributed by atoms with Gasteiger partial charge in [0.25, 0.3) is 0 Å². The highest BCUT2D eigenvalue weighted by Crippen LogP contribution is 2.37. The smallest absolute Gasteiger partial charge is 0.339 e. The second-order valence-corrected chi connectivity index (χ2v) is 9.98. The Balaban J connectivity index is 1.28. The van der Waals surface area contributed by atoms with Gasteiger partial charge in [-0.2, -0.15) is 0 Å². The lowest BCUT2D eigenvalue weighted by Crippen LogP contribution is -2.09. The molecule has 0 heterocycles. The molecule has 0 saturated heterocycles. The van der Waals surface area contributed by atoms with Crippen molar-refractivity contribution in [2.45, 2.75) is 13.3 Å². The number of benzene rings is 5.